The Morgan fingerprint density at radius 2 is 2.05 bits per heavy atom. The fourth-order valence-electron chi connectivity index (χ4n) is 2.39. The summed E-state index contributed by atoms with van der Waals surface area (Å²) in [6, 6.07) is 2.14. The highest BCUT2D eigenvalue weighted by atomic mass is 32.1. The predicted octanol–water partition coefficient (Wildman–Crippen LogP) is 1.20. The van der Waals surface area contributed by atoms with E-state index in [0.29, 0.717) is 4.99 Å². The van der Waals surface area contributed by atoms with E-state index in [1.807, 2.05) is 0 Å². The van der Waals surface area contributed by atoms with Crippen molar-refractivity contribution in [1.29, 1.82) is 0 Å². The molecule has 0 saturated heterocycles. The molecule has 0 fully saturated rings. The normalized spacial score (nSPS) is 13.7. The molecule has 2 N–H and O–H groups in total. The highest BCUT2D eigenvalue weighted by Crippen LogP contribution is 2.26. The Balaban J connectivity index is 2.29. The maximum Gasteiger partial charge on any atom is 0.138 e. The molecule has 5 heteroatoms. The van der Waals surface area contributed by atoms with Gasteiger partial charge in [0.15, 0.2) is 0 Å². The zero-order valence-corrected chi connectivity index (χ0v) is 12.8. The van der Waals surface area contributed by atoms with Gasteiger partial charge in [0.05, 0.1) is 5.56 Å². The third kappa shape index (κ3) is 3.22. The lowest BCUT2D eigenvalue weighted by molar-refractivity contribution is 0.416. The third-order valence-corrected chi connectivity index (χ3v) is 3.76. The number of hydrogen-bond acceptors (Lipinski definition) is 4. The summed E-state index contributed by atoms with van der Waals surface area (Å²) in [5.41, 5.74) is 9.30. The fraction of sp³-hybridized carbons (Fsp3) is 0.571. The van der Waals surface area contributed by atoms with Crippen LogP contribution in [0, 0.1) is 0 Å². The smallest absolute Gasteiger partial charge is 0.138 e. The number of fused-ring (bicyclic) bond motifs is 1. The Bertz CT molecular complexity index is 485. The molecule has 1 aliphatic carbocycles. The first kappa shape index (κ1) is 14.2. The van der Waals surface area contributed by atoms with Crippen molar-refractivity contribution in [2.75, 3.05) is 39.1 Å². The van der Waals surface area contributed by atoms with E-state index in [1.165, 1.54) is 17.7 Å². The monoisotopic (exact) mass is 278 g/mol. The van der Waals surface area contributed by atoms with Crippen LogP contribution in [0.2, 0.25) is 0 Å². The van der Waals surface area contributed by atoms with Gasteiger partial charge in [-0.2, -0.15) is 0 Å². The van der Waals surface area contributed by atoms with Gasteiger partial charge in [-0.1, -0.05) is 12.2 Å². The summed E-state index contributed by atoms with van der Waals surface area (Å²) in [6.45, 7) is 1.89. The lowest BCUT2D eigenvalue weighted by atomic mass is 10.1. The minimum atomic E-state index is 0.439. The maximum absolute atomic E-state index is 5.86. The van der Waals surface area contributed by atoms with Gasteiger partial charge >= 0.3 is 0 Å². The Kier molecular flexibility index (Phi) is 4.37. The van der Waals surface area contributed by atoms with Gasteiger partial charge in [0.2, 0.25) is 0 Å². The molecule has 19 heavy (non-hydrogen) atoms. The van der Waals surface area contributed by atoms with E-state index >= 15 is 0 Å². The van der Waals surface area contributed by atoms with Crippen LogP contribution in [0.25, 0.3) is 0 Å². The number of likely N-dealkylation sites (N-methyl/N-ethyl adjacent to an activating group) is 2. The molecule has 1 aromatic heterocycles. The van der Waals surface area contributed by atoms with Crippen LogP contribution in [0.4, 0.5) is 5.82 Å². The summed E-state index contributed by atoms with van der Waals surface area (Å²) >= 11 is 5.18. The highest BCUT2D eigenvalue weighted by Gasteiger charge is 2.19. The molecule has 0 aliphatic heterocycles. The van der Waals surface area contributed by atoms with E-state index < -0.39 is 0 Å². The van der Waals surface area contributed by atoms with Crippen LogP contribution in [-0.2, 0) is 12.8 Å². The Labute approximate surface area is 120 Å². The van der Waals surface area contributed by atoms with Crippen molar-refractivity contribution < 1.29 is 0 Å². The van der Waals surface area contributed by atoms with Gasteiger partial charge in [-0.25, -0.2) is 4.98 Å². The molecule has 0 amide bonds. The molecule has 1 aromatic rings. The number of rotatable bonds is 5. The van der Waals surface area contributed by atoms with E-state index in [9.17, 15) is 0 Å². The summed E-state index contributed by atoms with van der Waals surface area (Å²) < 4.78 is 0. The van der Waals surface area contributed by atoms with Crippen LogP contribution < -0.4 is 10.6 Å². The van der Waals surface area contributed by atoms with Crippen LogP contribution in [-0.4, -0.2) is 49.1 Å². The second-order valence-corrected chi connectivity index (χ2v) is 5.85. The molecule has 4 nitrogen and oxygen atoms in total. The van der Waals surface area contributed by atoms with Gasteiger partial charge in [0.1, 0.15) is 10.8 Å². The molecule has 0 spiro atoms. The summed E-state index contributed by atoms with van der Waals surface area (Å²) in [4.78, 5) is 9.53. The molecule has 1 heterocycles. The summed E-state index contributed by atoms with van der Waals surface area (Å²) in [7, 11) is 6.19. The van der Waals surface area contributed by atoms with E-state index in [4.69, 9.17) is 22.9 Å². The molecular weight excluding hydrogens is 256 g/mol. The second-order valence-electron chi connectivity index (χ2n) is 5.41. The first-order chi connectivity index (χ1) is 8.99. The number of hydrogen-bond donors (Lipinski definition) is 1. The Morgan fingerprint density at radius 3 is 2.68 bits per heavy atom. The zero-order valence-electron chi connectivity index (χ0n) is 11.9. The van der Waals surface area contributed by atoms with Crippen LogP contribution in [0.3, 0.4) is 0 Å². The van der Waals surface area contributed by atoms with Crippen molar-refractivity contribution in [1.82, 2.24) is 9.88 Å². The summed E-state index contributed by atoms with van der Waals surface area (Å²) in [6.07, 6.45) is 3.35. The molecule has 1 aliphatic rings. The number of anilines is 1. The van der Waals surface area contributed by atoms with Gasteiger partial charge in [0, 0.05) is 25.8 Å². The number of aryl methyl sites for hydroxylation is 2. The number of aromatic nitrogens is 1. The van der Waals surface area contributed by atoms with E-state index in [0.717, 1.165) is 37.3 Å². The Morgan fingerprint density at radius 1 is 1.32 bits per heavy atom. The molecule has 0 radical (unpaired) electrons. The van der Waals surface area contributed by atoms with Gasteiger partial charge in [-0.15, -0.1) is 0 Å². The molecule has 0 atom stereocenters. The molecule has 0 bridgehead atoms. The third-order valence-electron chi connectivity index (χ3n) is 3.54. The van der Waals surface area contributed by atoms with Gasteiger partial charge in [0.25, 0.3) is 0 Å². The van der Waals surface area contributed by atoms with Gasteiger partial charge in [-0.05, 0) is 45.0 Å². The van der Waals surface area contributed by atoms with Crippen molar-refractivity contribution >= 4 is 23.0 Å². The van der Waals surface area contributed by atoms with Crippen LogP contribution in [0.15, 0.2) is 6.07 Å². The standard InChI is InChI=1S/C14H22N4S/c1-17(2)7-8-18(3)14-11(13(15)19)9-10-5-4-6-12(10)16-14/h9H,4-8H2,1-3H3,(H2,15,19). The summed E-state index contributed by atoms with van der Waals surface area (Å²) in [5, 5.41) is 0. The average molecular weight is 278 g/mol. The Hall–Kier alpha value is -1.20. The molecular formula is C14H22N4S. The van der Waals surface area contributed by atoms with Crippen molar-refractivity contribution in [3.8, 4) is 0 Å². The van der Waals surface area contributed by atoms with Crippen LogP contribution in [0.1, 0.15) is 23.2 Å². The van der Waals surface area contributed by atoms with Crippen LogP contribution >= 0.6 is 12.2 Å². The lowest BCUT2D eigenvalue weighted by Crippen LogP contribution is -2.31. The minimum absolute atomic E-state index is 0.439. The average Bonchev–Trinajstić information content (AvgIpc) is 2.81. The van der Waals surface area contributed by atoms with Gasteiger partial charge < -0.3 is 15.5 Å². The first-order valence-electron chi connectivity index (χ1n) is 6.67. The number of thiocarbonyl (C=S) groups is 1. The highest BCUT2D eigenvalue weighted by molar-refractivity contribution is 7.80. The quantitative estimate of drug-likeness (QED) is 0.820. The van der Waals surface area contributed by atoms with Crippen molar-refractivity contribution in [3.05, 3.63) is 22.9 Å². The minimum Gasteiger partial charge on any atom is -0.389 e. The van der Waals surface area contributed by atoms with Crippen molar-refractivity contribution in [2.45, 2.75) is 19.3 Å². The lowest BCUT2D eigenvalue weighted by Gasteiger charge is -2.23. The largest absolute Gasteiger partial charge is 0.389 e. The van der Waals surface area contributed by atoms with E-state index in [1.54, 1.807) is 0 Å². The topological polar surface area (TPSA) is 45.4 Å². The van der Waals surface area contributed by atoms with E-state index in [2.05, 4.69) is 37.0 Å². The maximum atomic E-state index is 5.86. The first-order valence-corrected chi connectivity index (χ1v) is 7.08. The SMILES string of the molecule is CN(C)CCN(C)c1nc2c(cc1C(N)=S)CCC2. The molecule has 0 saturated carbocycles. The molecule has 104 valence electrons. The molecule has 0 aromatic carbocycles. The fourth-order valence-corrected chi connectivity index (χ4v) is 2.54. The van der Waals surface area contributed by atoms with Crippen molar-refractivity contribution in [2.24, 2.45) is 5.73 Å². The molecule has 0 unspecified atom stereocenters. The van der Waals surface area contributed by atoms with E-state index in [-0.39, 0.29) is 0 Å². The number of nitrogens with zero attached hydrogens (tertiary/aromatic N) is 3. The molecule has 2 rings (SSSR count). The number of nitrogens with two attached hydrogens (primary N) is 1. The zero-order chi connectivity index (χ0) is 14.0. The van der Waals surface area contributed by atoms with Gasteiger partial charge in [-0.3, -0.25) is 0 Å². The predicted molar refractivity (Wildman–Crippen MR) is 84.0 cm³/mol. The van der Waals surface area contributed by atoms with Crippen molar-refractivity contribution in [3.63, 3.8) is 0 Å². The second kappa shape index (κ2) is 5.84. The van der Waals surface area contributed by atoms with Crippen LogP contribution in [0.5, 0.6) is 0 Å². The summed E-state index contributed by atoms with van der Waals surface area (Å²) in [5.74, 6) is 0.926. The number of pyridine rings is 1.